The van der Waals surface area contributed by atoms with E-state index >= 15 is 0 Å². The van der Waals surface area contributed by atoms with Gasteiger partial charge in [0, 0.05) is 34.4 Å². The SMILES string of the molecule is CC[C@@H](C(=O)NC)N(Cc1ccccc1Cl)C(=O)CSCc1c(Cl)cccc1Cl. The fraction of sp³-hybridized carbons (Fsp3) is 0.333. The van der Waals surface area contributed by atoms with Crippen molar-refractivity contribution in [3.05, 3.63) is 68.7 Å². The van der Waals surface area contributed by atoms with Crippen LogP contribution in [0.25, 0.3) is 0 Å². The molecule has 0 bridgehead atoms. The molecule has 2 amide bonds. The molecular formula is C21H23Cl3N2O2S. The molecule has 0 heterocycles. The Morgan fingerprint density at radius 3 is 2.24 bits per heavy atom. The monoisotopic (exact) mass is 472 g/mol. The maximum absolute atomic E-state index is 13.1. The highest BCUT2D eigenvalue weighted by molar-refractivity contribution is 7.99. The number of carbonyl (C=O) groups is 2. The number of benzene rings is 2. The van der Waals surface area contributed by atoms with E-state index in [1.165, 1.54) is 11.8 Å². The van der Waals surface area contributed by atoms with Crippen molar-refractivity contribution in [1.29, 1.82) is 0 Å². The van der Waals surface area contributed by atoms with Gasteiger partial charge in [0.2, 0.25) is 11.8 Å². The van der Waals surface area contributed by atoms with Gasteiger partial charge in [-0.2, -0.15) is 0 Å². The quantitative estimate of drug-likeness (QED) is 0.528. The third-order valence-corrected chi connectivity index (χ3v) is 6.49. The van der Waals surface area contributed by atoms with Gasteiger partial charge < -0.3 is 10.2 Å². The molecule has 0 aliphatic carbocycles. The van der Waals surface area contributed by atoms with Gasteiger partial charge in [0.1, 0.15) is 6.04 Å². The summed E-state index contributed by atoms with van der Waals surface area (Å²) in [6.07, 6.45) is 0.497. The first-order valence-corrected chi connectivity index (χ1v) is 11.4. The summed E-state index contributed by atoms with van der Waals surface area (Å²) in [6.45, 7) is 2.14. The van der Waals surface area contributed by atoms with E-state index < -0.39 is 6.04 Å². The van der Waals surface area contributed by atoms with E-state index in [2.05, 4.69) is 5.32 Å². The number of halogens is 3. The minimum atomic E-state index is -0.576. The Bertz CT molecular complexity index is 843. The average molecular weight is 474 g/mol. The number of hydrogen-bond acceptors (Lipinski definition) is 3. The molecule has 0 saturated carbocycles. The molecule has 156 valence electrons. The van der Waals surface area contributed by atoms with Crippen LogP contribution in [0.2, 0.25) is 15.1 Å². The van der Waals surface area contributed by atoms with E-state index in [-0.39, 0.29) is 24.1 Å². The minimum Gasteiger partial charge on any atom is -0.357 e. The van der Waals surface area contributed by atoms with Crippen LogP contribution in [0.3, 0.4) is 0 Å². The number of nitrogens with one attached hydrogen (secondary N) is 1. The number of thioether (sulfide) groups is 1. The molecule has 1 atom stereocenters. The van der Waals surface area contributed by atoms with E-state index in [4.69, 9.17) is 34.8 Å². The van der Waals surface area contributed by atoms with Crippen molar-refractivity contribution >= 4 is 58.4 Å². The summed E-state index contributed by atoms with van der Waals surface area (Å²) in [5.41, 5.74) is 1.59. The standard InChI is InChI=1S/C21H23Cl3N2O2S/c1-3-19(21(28)25-2)26(11-14-7-4-5-8-16(14)22)20(27)13-29-12-15-17(23)9-6-10-18(15)24/h4-10,19H,3,11-13H2,1-2H3,(H,25,28)/t19-/m0/s1. The van der Waals surface area contributed by atoms with Crippen molar-refractivity contribution in [3.63, 3.8) is 0 Å². The fourth-order valence-electron chi connectivity index (χ4n) is 2.89. The molecule has 2 aromatic carbocycles. The minimum absolute atomic E-state index is 0.145. The summed E-state index contributed by atoms with van der Waals surface area (Å²) >= 11 is 20.1. The lowest BCUT2D eigenvalue weighted by atomic mass is 10.1. The highest BCUT2D eigenvalue weighted by atomic mass is 35.5. The zero-order chi connectivity index (χ0) is 21.4. The number of likely N-dealkylation sites (N-methyl/N-ethyl adjacent to an activating group) is 1. The highest BCUT2D eigenvalue weighted by Gasteiger charge is 2.28. The lowest BCUT2D eigenvalue weighted by Crippen LogP contribution is -2.48. The van der Waals surface area contributed by atoms with Crippen LogP contribution in [-0.4, -0.2) is 35.6 Å². The molecule has 29 heavy (non-hydrogen) atoms. The maximum Gasteiger partial charge on any atom is 0.242 e. The van der Waals surface area contributed by atoms with E-state index in [1.54, 1.807) is 36.2 Å². The maximum atomic E-state index is 13.1. The van der Waals surface area contributed by atoms with Gasteiger partial charge in [0.25, 0.3) is 0 Å². The zero-order valence-corrected chi connectivity index (χ0v) is 19.3. The third kappa shape index (κ3) is 6.54. The molecule has 2 rings (SSSR count). The molecule has 0 spiro atoms. The predicted molar refractivity (Wildman–Crippen MR) is 123 cm³/mol. The van der Waals surface area contributed by atoms with Crippen LogP contribution in [0.4, 0.5) is 0 Å². The summed E-state index contributed by atoms with van der Waals surface area (Å²) in [4.78, 5) is 27.0. The van der Waals surface area contributed by atoms with Crippen molar-refractivity contribution in [1.82, 2.24) is 10.2 Å². The summed E-state index contributed by atoms with van der Waals surface area (Å²) in [6, 6.07) is 12.1. The Morgan fingerprint density at radius 1 is 1.03 bits per heavy atom. The highest BCUT2D eigenvalue weighted by Crippen LogP contribution is 2.28. The molecule has 0 unspecified atom stereocenters. The Hall–Kier alpha value is -1.40. The van der Waals surface area contributed by atoms with Gasteiger partial charge in [-0.1, -0.05) is 66.0 Å². The van der Waals surface area contributed by atoms with Gasteiger partial charge in [0.05, 0.1) is 5.75 Å². The van der Waals surface area contributed by atoms with Gasteiger partial charge >= 0.3 is 0 Å². The molecule has 8 heteroatoms. The van der Waals surface area contributed by atoms with Crippen molar-refractivity contribution in [2.75, 3.05) is 12.8 Å². The van der Waals surface area contributed by atoms with Crippen molar-refractivity contribution < 1.29 is 9.59 Å². The number of nitrogens with zero attached hydrogens (tertiary/aromatic N) is 1. The molecule has 0 radical (unpaired) electrons. The molecule has 0 aromatic heterocycles. The average Bonchev–Trinajstić information content (AvgIpc) is 2.71. The molecule has 0 fully saturated rings. The zero-order valence-electron chi connectivity index (χ0n) is 16.3. The topological polar surface area (TPSA) is 49.4 Å². The van der Waals surface area contributed by atoms with Crippen LogP contribution in [0.5, 0.6) is 0 Å². The number of amides is 2. The van der Waals surface area contributed by atoms with Crippen LogP contribution < -0.4 is 5.32 Å². The number of carbonyl (C=O) groups excluding carboxylic acids is 2. The van der Waals surface area contributed by atoms with E-state index in [0.717, 1.165) is 11.1 Å². The largest absolute Gasteiger partial charge is 0.357 e. The molecule has 4 nitrogen and oxygen atoms in total. The van der Waals surface area contributed by atoms with Gasteiger partial charge in [-0.3, -0.25) is 9.59 Å². The molecule has 0 aliphatic rings. The number of hydrogen-bond donors (Lipinski definition) is 1. The Balaban J connectivity index is 2.15. The van der Waals surface area contributed by atoms with Crippen LogP contribution in [-0.2, 0) is 21.9 Å². The predicted octanol–water partition coefficient (Wildman–Crippen LogP) is 5.43. The summed E-state index contributed by atoms with van der Waals surface area (Å²) in [5.74, 6) is 0.348. The molecule has 0 aliphatic heterocycles. The smallest absolute Gasteiger partial charge is 0.242 e. The second-order valence-electron chi connectivity index (χ2n) is 6.34. The second kappa shape index (κ2) is 11.7. The van der Waals surface area contributed by atoms with Crippen molar-refractivity contribution in [3.8, 4) is 0 Å². The Kier molecular flexibility index (Phi) is 9.63. The van der Waals surface area contributed by atoms with Crippen LogP contribution in [0.15, 0.2) is 42.5 Å². The lowest BCUT2D eigenvalue weighted by Gasteiger charge is -2.30. The summed E-state index contributed by atoms with van der Waals surface area (Å²) in [7, 11) is 1.57. The number of rotatable bonds is 9. The molecule has 2 aromatic rings. The van der Waals surface area contributed by atoms with E-state index in [1.807, 2.05) is 25.1 Å². The van der Waals surface area contributed by atoms with Crippen molar-refractivity contribution in [2.45, 2.75) is 31.7 Å². The Morgan fingerprint density at radius 2 is 1.66 bits per heavy atom. The normalized spacial score (nSPS) is 11.8. The van der Waals surface area contributed by atoms with E-state index in [9.17, 15) is 9.59 Å². The summed E-state index contributed by atoms with van der Waals surface area (Å²) in [5, 5.41) is 4.35. The van der Waals surface area contributed by atoms with Crippen LogP contribution in [0, 0.1) is 0 Å². The molecular weight excluding hydrogens is 451 g/mol. The van der Waals surface area contributed by atoms with Gasteiger partial charge in [-0.15, -0.1) is 11.8 Å². The summed E-state index contributed by atoms with van der Waals surface area (Å²) < 4.78 is 0. The first kappa shape index (κ1) is 23.9. The van der Waals surface area contributed by atoms with Gasteiger partial charge in [0.15, 0.2) is 0 Å². The Labute approximate surface area is 190 Å². The fourth-order valence-corrected chi connectivity index (χ4v) is 4.73. The second-order valence-corrected chi connectivity index (χ2v) is 8.55. The molecule has 1 N–H and O–H groups in total. The van der Waals surface area contributed by atoms with Crippen molar-refractivity contribution in [2.24, 2.45) is 0 Å². The third-order valence-electron chi connectivity index (χ3n) is 4.46. The first-order chi connectivity index (χ1) is 13.9. The van der Waals surface area contributed by atoms with Gasteiger partial charge in [-0.25, -0.2) is 0 Å². The van der Waals surface area contributed by atoms with Crippen LogP contribution >= 0.6 is 46.6 Å². The van der Waals surface area contributed by atoms with Crippen LogP contribution in [0.1, 0.15) is 24.5 Å². The first-order valence-electron chi connectivity index (χ1n) is 9.14. The lowest BCUT2D eigenvalue weighted by molar-refractivity contribution is -0.139. The molecule has 0 saturated heterocycles. The van der Waals surface area contributed by atoms with E-state index in [0.29, 0.717) is 27.2 Å². The van der Waals surface area contributed by atoms with Gasteiger partial charge in [-0.05, 0) is 35.7 Å².